The lowest BCUT2D eigenvalue weighted by Gasteiger charge is -1.79. The van der Waals surface area contributed by atoms with Gasteiger partial charge in [-0.1, -0.05) is 20.8 Å². The first-order valence-electron chi connectivity index (χ1n) is 2.11. The van der Waals surface area contributed by atoms with Crippen LogP contribution >= 0.6 is 11.6 Å². The fourth-order valence-corrected chi connectivity index (χ4v) is 0. The van der Waals surface area contributed by atoms with Gasteiger partial charge in [0.15, 0.2) is 0 Å². The lowest BCUT2D eigenvalue weighted by atomic mass is 10.3. The standard InChI is InChI=1S/C4H10.CH3Cl/c1-4(2)3;1-2/h4H,1-3H3;1H3. The van der Waals surface area contributed by atoms with Crippen LogP contribution < -0.4 is 0 Å². The lowest BCUT2D eigenvalue weighted by Crippen LogP contribution is -1.66. The maximum Gasteiger partial charge on any atom is 0.0108 e. The maximum atomic E-state index is 4.64. The third kappa shape index (κ3) is 552. The van der Waals surface area contributed by atoms with Crippen LogP contribution in [0.4, 0.5) is 0 Å². The van der Waals surface area contributed by atoms with E-state index in [-0.39, 0.29) is 0 Å². The van der Waals surface area contributed by atoms with Gasteiger partial charge >= 0.3 is 0 Å². The number of alkyl halides is 1. The molecule has 0 N–H and O–H groups in total. The molecular formula is C5H13Cl. The molecule has 0 saturated carbocycles. The summed E-state index contributed by atoms with van der Waals surface area (Å²) in [5.74, 6) is 0.833. The highest BCUT2D eigenvalue weighted by Crippen LogP contribution is 1.81. The van der Waals surface area contributed by atoms with E-state index in [0.717, 1.165) is 5.92 Å². The van der Waals surface area contributed by atoms with Gasteiger partial charge in [-0.25, -0.2) is 0 Å². The molecule has 0 rings (SSSR count). The molecule has 0 saturated heterocycles. The summed E-state index contributed by atoms with van der Waals surface area (Å²) in [6, 6.07) is 0. The van der Waals surface area contributed by atoms with Gasteiger partial charge in [0.25, 0.3) is 0 Å². The Kier molecular flexibility index (Phi) is 14.3. The third-order valence-electron chi connectivity index (χ3n) is 0. The molecule has 1 heteroatoms. The van der Waals surface area contributed by atoms with Gasteiger partial charge in [-0.3, -0.25) is 0 Å². The molecule has 0 heterocycles. The van der Waals surface area contributed by atoms with Crippen LogP contribution in [0.1, 0.15) is 20.8 Å². The molecule has 0 nitrogen and oxygen atoms in total. The fourth-order valence-electron chi connectivity index (χ4n) is 0. The van der Waals surface area contributed by atoms with Crippen LogP contribution in [0.15, 0.2) is 0 Å². The Bertz CT molecular complexity index is 8.66. The van der Waals surface area contributed by atoms with Crippen LogP contribution in [-0.4, -0.2) is 6.38 Å². The van der Waals surface area contributed by atoms with Crippen LogP contribution in [-0.2, 0) is 0 Å². The highest BCUT2D eigenvalue weighted by atomic mass is 35.5. The quantitative estimate of drug-likeness (QED) is 0.419. The van der Waals surface area contributed by atoms with Crippen LogP contribution in [0.25, 0.3) is 0 Å². The summed E-state index contributed by atoms with van der Waals surface area (Å²) in [4.78, 5) is 0. The van der Waals surface area contributed by atoms with E-state index >= 15 is 0 Å². The number of halogens is 1. The normalized spacial score (nSPS) is 7.00. The highest BCUT2D eigenvalue weighted by molar-refractivity contribution is 6.15. The van der Waals surface area contributed by atoms with Gasteiger partial charge in [0.2, 0.25) is 0 Å². The number of hydrogen-bond acceptors (Lipinski definition) is 0. The van der Waals surface area contributed by atoms with Crippen LogP contribution in [0.3, 0.4) is 0 Å². The molecule has 0 unspecified atom stereocenters. The first-order chi connectivity index (χ1) is 2.73. The van der Waals surface area contributed by atoms with Crippen molar-refractivity contribution in [2.24, 2.45) is 5.92 Å². The summed E-state index contributed by atoms with van der Waals surface area (Å²) in [6.07, 6.45) is 1.47. The molecule has 0 aromatic heterocycles. The smallest absolute Gasteiger partial charge is 0.0108 e. The van der Waals surface area contributed by atoms with E-state index in [1.54, 1.807) is 0 Å². The van der Waals surface area contributed by atoms with Gasteiger partial charge in [0, 0.05) is 6.38 Å². The Morgan fingerprint density at radius 3 is 1.00 bits per heavy atom. The Labute approximate surface area is 45.5 Å². The van der Waals surface area contributed by atoms with Crippen molar-refractivity contribution < 1.29 is 0 Å². The second-order valence-corrected chi connectivity index (χ2v) is 1.73. The van der Waals surface area contributed by atoms with E-state index in [1.807, 2.05) is 0 Å². The first-order valence-corrected chi connectivity index (χ1v) is 2.87. The molecule has 0 amide bonds. The van der Waals surface area contributed by atoms with Crippen molar-refractivity contribution in [3.63, 3.8) is 0 Å². The molecule has 0 spiro atoms. The minimum absolute atomic E-state index is 0.833. The van der Waals surface area contributed by atoms with Gasteiger partial charge in [0.1, 0.15) is 0 Å². The van der Waals surface area contributed by atoms with Crippen molar-refractivity contribution in [3.8, 4) is 0 Å². The molecule has 0 aromatic rings. The molecule has 0 atom stereocenters. The Morgan fingerprint density at radius 2 is 1.00 bits per heavy atom. The first kappa shape index (κ1) is 9.56. The second-order valence-electron chi connectivity index (χ2n) is 1.73. The largest absolute Gasteiger partial charge is 0.130 e. The minimum Gasteiger partial charge on any atom is -0.130 e. The van der Waals surface area contributed by atoms with Crippen molar-refractivity contribution in [1.29, 1.82) is 0 Å². The molecule has 0 aliphatic carbocycles. The van der Waals surface area contributed by atoms with E-state index in [9.17, 15) is 0 Å². The Balaban J connectivity index is 0. The molecule has 0 aliphatic rings. The van der Waals surface area contributed by atoms with Crippen molar-refractivity contribution in [2.75, 3.05) is 6.38 Å². The van der Waals surface area contributed by atoms with Gasteiger partial charge in [-0.15, -0.1) is 11.6 Å². The van der Waals surface area contributed by atoms with Gasteiger partial charge in [-0.2, -0.15) is 0 Å². The maximum absolute atomic E-state index is 4.64. The van der Waals surface area contributed by atoms with Crippen molar-refractivity contribution >= 4 is 11.6 Å². The summed E-state index contributed by atoms with van der Waals surface area (Å²) in [7, 11) is 0. The molecule has 0 aliphatic heterocycles. The van der Waals surface area contributed by atoms with Crippen LogP contribution in [0.2, 0.25) is 0 Å². The topological polar surface area (TPSA) is 0 Å². The van der Waals surface area contributed by atoms with E-state index in [4.69, 9.17) is 0 Å². The molecule has 0 fully saturated rings. The minimum atomic E-state index is 0.833. The monoisotopic (exact) mass is 108 g/mol. The molecule has 0 bridgehead atoms. The van der Waals surface area contributed by atoms with Gasteiger partial charge in [-0.05, 0) is 5.92 Å². The van der Waals surface area contributed by atoms with E-state index in [2.05, 4.69) is 32.4 Å². The molecular weight excluding hydrogens is 95.5 g/mol. The van der Waals surface area contributed by atoms with Crippen molar-refractivity contribution in [2.45, 2.75) is 20.8 Å². The SMILES string of the molecule is CC(C)C.CCl. The number of hydrogen-bond donors (Lipinski definition) is 0. The zero-order chi connectivity index (χ0) is 5.58. The van der Waals surface area contributed by atoms with E-state index in [0.29, 0.717) is 0 Å². The summed E-state index contributed by atoms with van der Waals surface area (Å²) in [5, 5.41) is 0. The summed E-state index contributed by atoms with van der Waals surface area (Å²) >= 11 is 4.64. The van der Waals surface area contributed by atoms with E-state index in [1.165, 1.54) is 6.38 Å². The van der Waals surface area contributed by atoms with E-state index < -0.39 is 0 Å². The highest BCUT2D eigenvalue weighted by Gasteiger charge is 1.68. The van der Waals surface area contributed by atoms with Gasteiger partial charge < -0.3 is 0 Å². The lowest BCUT2D eigenvalue weighted by molar-refractivity contribution is 0.737. The predicted molar refractivity (Wildman–Crippen MR) is 32.3 cm³/mol. The average Bonchev–Trinajstić information content (AvgIpc) is 1.41. The zero-order valence-corrected chi connectivity index (χ0v) is 5.71. The zero-order valence-electron chi connectivity index (χ0n) is 4.96. The fraction of sp³-hybridized carbons (Fsp3) is 1.00. The van der Waals surface area contributed by atoms with Crippen LogP contribution in [0.5, 0.6) is 0 Å². The number of rotatable bonds is 0. The Morgan fingerprint density at radius 1 is 1.00 bits per heavy atom. The Hall–Kier alpha value is 0.290. The average molecular weight is 109 g/mol. The summed E-state index contributed by atoms with van der Waals surface area (Å²) in [5.41, 5.74) is 0. The summed E-state index contributed by atoms with van der Waals surface area (Å²) in [6.45, 7) is 6.50. The second kappa shape index (κ2) is 8.99. The molecule has 40 valence electrons. The molecule has 6 heavy (non-hydrogen) atoms. The van der Waals surface area contributed by atoms with Crippen molar-refractivity contribution in [1.82, 2.24) is 0 Å². The molecule has 0 aromatic carbocycles. The van der Waals surface area contributed by atoms with Crippen LogP contribution in [0, 0.1) is 5.92 Å². The molecule has 0 radical (unpaired) electrons. The van der Waals surface area contributed by atoms with Gasteiger partial charge in [0.05, 0.1) is 0 Å². The third-order valence-corrected chi connectivity index (χ3v) is 0. The summed E-state index contributed by atoms with van der Waals surface area (Å²) < 4.78 is 0. The van der Waals surface area contributed by atoms with Crippen molar-refractivity contribution in [3.05, 3.63) is 0 Å². The predicted octanol–water partition coefficient (Wildman–Crippen LogP) is 2.52.